The van der Waals surface area contributed by atoms with Gasteiger partial charge in [0.1, 0.15) is 24.7 Å². The van der Waals surface area contributed by atoms with E-state index >= 15 is 0 Å². The van der Waals surface area contributed by atoms with Gasteiger partial charge < -0.3 is 25.0 Å². The van der Waals surface area contributed by atoms with Crippen molar-refractivity contribution in [3.8, 4) is 11.1 Å². The maximum absolute atomic E-state index is 13.6. The molecule has 43 heavy (non-hydrogen) atoms. The summed E-state index contributed by atoms with van der Waals surface area (Å²) in [7, 11) is 1.48. The molecule has 3 aromatic rings. The molecule has 0 saturated carbocycles. The van der Waals surface area contributed by atoms with Gasteiger partial charge in [0.25, 0.3) is 0 Å². The van der Waals surface area contributed by atoms with Crippen molar-refractivity contribution in [2.24, 2.45) is 0 Å². The van der Waals surface area contributed by atoms with Gasteiger partial charge >= 0.3 is 12.1 Å². The molecule has 3 atom stereocenters. The van der Waals surface area contributed by atoms with Gasteiger partial charge in [-0.2, -0.15) is 0 Å². The van der Waals surface area contributed by atoms with E-state index in [2.05, 4.69) is 17.4 Å². The second-order valence-corrected chi connectivity index (χ2v) is 10.9. The first-order valence-electron chi connectivity index (χ1n) is 14.4. The smallest absolute Gasteiger partial charge is 0.407 e. The number of nitrogens with one attached hydrogen (secondary N) is 1. The summed E-state index contributed by atoms with van der Waals surface area (Å²) in [6.07, 6.45) is 2.90. The summed E-state index contributed by atoms with van der Waals surface area (Å²) in [6, 6.07) is 22.1. The van der Waals surface area contributed by atoms with Crippen molar-refractivity contribution in [2.45, 2.75) is 43.8 Å². The van der Waals surface area contributed by atoms with E-state index in [1.165, 1.54) is 16.8 Å². The van der Waals surface area contributed by atoms with Crippen LogP contribution in [0.4, 0.5) is 4.79 Å². The van der Waals surface area contributed by atoms with E-state index in [0.29, 0.717) is 0 Å². The van der Waals surface area contributed by atoms with Crippen LogP contribution in [-0.2, 0) is 25.5 Å². The largest absolute Gasteiger partial charge is 0.480 e. The van der Waals surface area contributed by atoms with Crippen LogP contribution in [-0.4, -0.2) is 77.1 Å². The van der Waals surface area contributed by atoms with E-state index in [1.807, 2.05) is 66.7 Å². The van der Waals surface area contributed by atoms with Gasteiger partial charge in [0.2, 0.25) is 11.8 Å². The van der Waals surface area contributed by atoms with E-state index in [4.69, 9.17) is 4.74 Å². The maximum atomic E-state index is 13.6. The molecular weight excluding hydrogens is 546 g/mol. The number of hydrogen-bond acceptors (Lipinski definition) is 5. The Balaban J connectivity index is 1.27. The highest BCUT2D eigenvalue weighted by Crippen LogP contribution is 2.44. The molecule has 0 radical (unpaired) electrons. The van der Waals surface area contributed by atoms with E-state index in [9.17, 15) is 24.3 Å². The third kappa shape index (κ3) is 6.30. The summed E-state index contributed by atoms with van der Waals surface area (Å²) in [6.45, 7) is 1.71. The quantitative estimate of drug-likeness (QED) is 0.404. The Bertz CT molecular complexity index is 1490. The lowest BCUT2D eigenvalue weighted by Gasteiger charge is -2.35. The molecule has 1 aliphatic heterocycles. The first kappa shape index (κ1) is 29.6. The molecule has 3 amide bonds. The van der Waals surface area contributed by atoms with Crippen LogP contribution in [0, 0.1) is 0 Å². The average molecular weight is 582 g/mol. The van der Waals surface area contributed by atoms with Crippen molar-refractivity contribution in [1.82, 2.24) is 15.1 Å². The molecule has 0 saturated heterocycles. The summed E-state index contributed by atoms with van der Waals surface area (Å²) in [4.78, 5) is 54.8. The first-order chi connectivity index (χ1) is 20.8. The minimum atomic E-state index is -1.13. The fraction of sp³-hybridized carbons (Fsp3) is 0.294. The van der Waals surface area contributed by atoms with Gasteiger partial charge in [0.05, 0.1) is 0 Å². The zero-order chi connectivity index (χ0) is 30.5. The lowest BCUT2D eigenvalue weighted by molar-refractivity contribution is -0.153. The van der Waals surface area contributed by atoms with E-state index < -0.39 is 42.0 Å². The first-order valence-corrected chi connectivity index (χ1v) is 14.4. The number of carboxylic acids is 1. The minimum Gasteiger partial charge on any atom is -0.480 e. The number of carbonyl (C=O) groups excluding carboxylic acids is 3. The molecule has 0 fully saturated rings. The molecule has 3 aromatic carbocycles. The highest BCUT2D eigenvalue weighted by molar-refractivity contribution is 5.93. The number of carboxylic acid groups (broad SMARTS) is 1. The van der Waals surface area contributed by atoms with Gasteiger partial charge in [-0.15, -0.1) is 0 Å². The van der Waals surface area contributed by atoms with Crippen LogP contribution in [0.3, 0.4) is 0 Å². The number of nitrogens with zero attached hydrogens (tertiary/aromatic N) is 2. The number of ether oxygens (including phenoxy) is 1. The number of hydrogen-bond donors (Lipinski definition) is 2. The standard InChI is InChI=1S/C34H35N3O6/c1-22-31(38)37(30(33(40)41)20-23-12-4-3-5-13-23)19-11-10-18-29(32(39)36(22)2)35-34(42)43-21-28-26-16-8-6-14-24(26)25-15-7-9-17-27(25)28/h3-17,22,28-30H,18-21H2,1-2H3,(H,35,42)(H,40,41)/b11-10-/t22-,29-,30-/m0/s1. The van der Waals surface area contributed by atoms with E-state index in [0.717, 1.165) is 27.8 Å². The van der Waals surface area contributed by atoms with Crippen LogP contribution in [0.5, 0.6) is 0 Å². The van der Waals surface area contributed by atoms with Gasteiger partial charge in [-0.25, -0.2) is 9.59 Å². The Hall–Kier alpha value is -4.92. The van der Waals surface area contributed by atoms with E-state index in [1.54, 1.807) is 19.1 Å². The van der Waals surface area contributed by atoms with Crippen LogP contribution in [0.25, 0.3) is 11.1 Å². The monoisotopic (exact) mass is 581 g/mol. The molecule has 1 aliphatic carbocycles. The van der Waals surface area contributed by atoms with Gasteiger partial charge in [0.15, 0.2) is 0 Å². The Morgan fingerprint density at radius 3 is 2.14 bits per heavy atom. The van der Waals surface area contributed by atoms with Crippen LogP contribution in [0.1, 0.15) is 36.0 Å². The zero-order valence-electron chi connectivity index (χ0n) is 24.2. The van der Waals surface area contributed by atoms with Crippen molar-refractivity contribution in [3.63, 3.8) is 0 Å². The molecule has 5 rings (SSSR count). The topological polar surface area (TPSA) is 116 Å². The van der Waals surface area contributed by atoms with Gasteiger partial charge in [-0.3, -0.25) is 9.59 Å². The van der Waals surface area contributed by atoms with Crippen molar-refractivity contribution >= 4 is 23.9 Å². The average Bonchev–Trinajstić information content (AvgIpc) is 3.34. The number of alkyl carbamates (subject to hydrolysis) is 1. The summed E-state index contributed by atoms with van der Waals surface area (Å²) in [5, 5.41) is 12.7. The number of benzene rings is 3. The van der Waals surface area contributed by atoms with Crippen molar-refractivity contribution in [3.05, 3.63) is 108 Å². The van der Waals surface area contributed by atoms with Gasteiger partial charge in [-0.05, 0) is 41.2 Å². The Labute approximate surface area is 250 Å². The summed E-state index contributed by atoms with van der Waals surface area (Å²) >= 11 is 0. The third-order valence-corrected chi connectivity index (χ3v) is 8.28. The van der Waals surface area contributed by atoms with E-state index in [-0.39, 0.29) is 31.9 Å². The Morgan fingerprint density at radius 2 is 1.51 bits per heavy atom. The number of rotatable bonds is 7. The fourth-order valence-corrected chi connectivity index (χ4v) is 5.81. The van der Waals surface area contributed by atoms with Crippen molar-refractivity contribution < 1.29 is 29.0 Å². The van der Waals surface area contributed by atoms with Crippen LogP contribution in [0.2, 0.25) is 0 Å². The second-order valence-electron chi connectivity index (χ2n) is 10.9. The predicted molar refractivity (Wildman–Crippen MR) is 161 cm³/mol. The van der Waals surface area contributed by atoms with Crippen molar-refractivity contribution in [1.29, 1.82) is 0 Å². The Morgan fingerprint density at radius 1 is 0.907 bits per heavy atom. The van der Waals surface area contributed by atoms with Crippen molar-refractivity contribution in [2.75, 3.05) is 20.2 Å². The molecule has 0 spiro atoms. The molecule has 0 aromatic heterocycles. The van der Waals surface area contributed by atoms with Crippen LogP contribution in [0.15, 0.2) is 91.0 Å². The van der Waals surface area contributed by atoms with Crippen LogP contribution < -0.4 is 5.32 Å². The number of aliphatic carboxylic acids is 1. The van der Waals surface area contributed by atoms with Gasteiger partial charge in [-0.1, -0.05) is 91.0 Å². The maximum Gasteiger partial charge on any atom is 0.407 e. The lowest BCUT2D eigenvalue weighted by atomic mass is 9.98. The Kier molecular flexibility index (Phi) is 8.90. The highest BCUT2D eigenvalue weighted by atomic mass is 16.5. The molecule has 1 heterocycles. The molecule has 2 aliphatic rings. The number of fused-ring (bicyclic) bond motifs is 3. The highest BCUT2D eigenvalue weighted by Gasteiger charge is 2.37. The molecular formula is C34H35N3O6. The summed E-state index contributed by atoms with van der Waals surface area (Å²) in [5.41, 5.74) is 5.18. The third-order valence-electron chi connectivity index (χ3n) is 8.28. The van der Waals surface area contributed by atoms with Crippen LogP contribution >= 0.6 is 0 Å². The predicted octanol–water partition coefficient (Wildman–Crippen LogP) is 4.23. The number of carbonyl (C=O) groups is 4. The lowest BCUT2D eigenvalue weighted by Crippen LogP contribution is -2.57. The minimum absolute atomic E-state index is 0.0483. The number of amides is 3. The SMILES string of the molecule is C[C@H]1C(=O)N([C@@H](Cc2ccccc2)C(=O)O)C/C=C\C[C@H](NC(=O)OCC2c3ccccc3-c3ccccc32)C(=O)N1C. The molecule has 222 valence electrons. The number of likely N-dealkylation sites (N-methyl/N-ethyl adjacent to an activating group) is 1. The molecule has 9 nitrogen and oxygen atoms in total. The second kappa shape index (κ2) is 12.9. The summed E-state index contributed by atoms with van der Waals surface area (Å²) in [5.74, 6) is -2.22. The molecule has 2 N–H and O–H groups in total. The van der Waals surface area contributed by atoms with Gasteiger partial charge in [0, 0.05) is 25.9 Å². The zero-order valence-corrected chi connectivity index (χ0v) is 24.2. The molecule has 0 unspecified atom stereocenters. The normalized spacial score (nSPS) is 20.1. The molecule has 9 heteroatoms. The molecule has 0 bridgehead atoms. The fourth-order valence-electron chi connectivity index (χ4n) is 5.81. The summed E-state index contributed by atoms with van der Waals surface area (Å²) < 4.78 is 5.65.